The van der Waals surface area contributed by atoms with Gasteiger partial charge in [-0.2, -0.15) is 0 Å². The quantitative estimate of drug-likeness (QED) is 0.110. The molecular weight excluding hydrogens is 485 g/mol. The molecular formula is C27H73O3Si4-. The Bertz CT molecular complexity index is 421. The first-order valence-corrected chi connectivity index (χ1v) is 25.0. The first-order valence-electron chi connectivity index (χ1n) is 13.3. The van der Waals surface area contributed by atoms with Crippen molar-refractivity contribution in [3.05, 3.63) is 0 Å². The first kappa shape index (κ1) is 44.7. The molecule has 3 nitrogen and oxygen atoms in total. The fourth-order valence-electron chi connectivity index (χ4n) is 4.63. The van der Waals surface area contributed by atoms with Crippen molar-refractivity contribution in [3.8, 4) is 0 Å². The first-order chi connectivity index (χ1) is 14.0. The summed E-state index contributed by atoms with van der Waals surface area (Å²) in [6.07, 6.45) is 16.3. The number of hydrogen-bond acceptors (Lipinski definition) is 3. The Balaban J connectivity index is -0.000000701. The molecule has 0 bridgehead atoms. The van der Waals surface area contributed by atoms with Gasteiger partial charge in [0.25, 0.3) is 0 Å². The van der Waals surface area contributed by atoms with Crippen LogP contribution < -0.4 is 0 Å². The Labute approximate surface area is 224 Å². The van der Waals surface area contributed by atoms with Crippen molar-refractivity contribution in [2.24, 2.45) is 0 Å². The molecule has 0 spiro atoms. The van der Waals surface area contributed by atoms with Crippen molar-refractivity contribution in [2.45, 2.75) is 179 Å². The topological polar surface area (TPSA) is 27.7 Å². The normalized spacial score (nSPS) is 13.7. The van der Waals surface area contributed by atoms with E-state index in [9.17, 15) is 0 Å². The molecule has 34 heavy (non-hydrogen) atoms. The van der Waals surface area contributed by atoms with Crippen LogP contribution in [0.1, 0.15) is 121 Å². The third-order valence-electron chi connectivity index (χ3n) is 5.79. The van der Waals surface area contributed by atoms with E-state index in [0.29, 0.717) is 0 Å². The van der Waals surface area contributed by atoms with Crippen molar-refractivity contribution in [2.75, 3.05) is 0 Å². The van der Waals surface area contributed by atoms with Gasteiger partial charge in [0, 0.05) is 0 Å². The van der Waals surface area contributed by atoms with Crippen LogP contribution in [0.25, 0.3) is 0 Å². The van der Waals surface area contributed by atoms with E-state index in [0.717, 1.165) is 6.04 Å². The molecule has 0 aromatic rings. The maximum atomic E-state index is 6.84. The van der Waals surface area contributed by atoms with Gasteiger partial charge in [-0.15, -0.1) is 0 Å². The summed E-state index contributed by atoms with van der Waals surface area (Å²) in [5.41, 5.74) is 0. The van der Waals surface area contributed by atoms with Crippen molar-refractivity contribution >= 4 is 34.5 Å². The van der Waals surface area contributed by atoms with E-state index in [1.54, 1.807) is 0 Å². The number of rotatable bonds is 20. The van der Waals surface area contributed by atoms with Crippen LogP contribution in [0.4, 0.5) is 0 Å². The van der Waals surface area contributed by atoms with Crippen LogP contribution in [0.2, 0.25) is 57.9 Å². The van der Waals surface area contributed by atoms with Gasteiger partial charge in [-0.1, -0.05) is 55.9 Å². The molecule has 0 amide bonds. The zero-order valence-corrected chi connectivity index (χ0v) is 26.6. The van der Waals surface area contributed by atoms with Crippen molar-refractivity contribution in [3.63, 3.8) is 0 Å². The second kappa shape index (κ2) is 24.1. The van der Waals surface area contributed by atoms with Gasteiger partial charge in [0.05, 0.1) is 0 Å². The van der Waals surface area contributed by atoms with Crippen LogP contribution in [0, 0.1) is 0 Å². The van der Waals surface area contributed by atoms with Crippen LogP contribution in [0.3, 0.4) is 0 Å². The monoisotopic (exact) mass is 557 g/mol. The minimum absolute atomic E-state index is 0. The summed E-state index contributed by atoms with van der Waals surface area (Å²) in [6.45, 7) is 20.7. The van der Waals surface area contributed by atoms with E-state index in [-0.39, 0.29) is 29.7 Å². The Kier molecular flexibility index (Phi) is 31.7. The predicted molar refractivity (Wildman–Crippen MR) is 173 cm³/mol. The van der Waals surface area contributed by atoms with Crippen molar-refractivity contribution < 1.29 is 12.3 Å². The Hall–Kier alpha value is 0.748. The standard InChI is InChI=1S/C23H57O3Si4.4CH4/c1-10-12-14-15-16-17-18-19-20-21-23-30(9,24-27(3)4)26-29(7,8)25-28(5,6)22-13-11-2;;;;/h27-28H,10-23H2,1-9H3;4*1H4/q-1;;;;. The second-order valence-electron chi connectivity index (χ2n) is 11.0. The van der Waals surface area contributed by atoms with Gasteiger partial charge >= 0.3 is 169 Å². The van der Waals surface area contributed by atoms with Gasteiger partial charge in [-0.05, 0) is 0 Å². The molecule has 0 aliphatic carbocycles. The van der Waals surface area contributed by atoms with Gasteiger partial charge in [0.15, 0.2) is 0 Å². The summed E-state index contributed by atoms with van der Waals surface area (Å²) in [5.74, 6) is 0. The van der Waals surface area contributed by atoms with Gasteiger partial charge in [0.2, 0.25) is 0 Å². The molecule has 0 aromatic heterocycles. The fourth-order valence-corrected chi connectivity index (χ4v) is 23.8. The molecule has 216 valence electrons. The Morgan fingerprint density at radius 2 is 1.06 bits per heavy atom. The summed E-state index contributed by atoms with van der Waals surface area (Å²) in [6, 6.07) is 2.40. The summed E-state index contributed by atoms with van der Waals surface area (Å²) >= 11 is 0. The van der Waals surface area contributed by atoms with Crippen LogP contribution in [-0.4, -0.2) is 34.5 Å². The molecule has 1 unspecified atom stereocenters. The molecule has 0 saturated carbocycles. The van der Waals surface area contributed by atoms with Gasteiger partial charge < -0.3 is 0 Å². The summed E-state index contributed by atoms with van der Waals surface area (Å²) in [4.78, 5) is 0. The SMILES string of the molecule is C.C.C.C.CCCCCCCCCCCC[Si](C)(O[SiH](C)C)O[Si](C)(C)O[SiH-](C)(C)CCCC. The second-order valence-corrected chi connectivity index (χ2v) is 26.0. The molecule has 0 rings (SSSR count). The van der Waals surface area contributed by atoms with E-state index < -0.39 is 34.5 Å². The van der Waals surface area contributed by atoms with E-state index >= 15 is 0 Å². The third-order valence-corrected chi connectivity index (χ3v) is 21.2. The molecule has 0 saturated heterocycles. The van der Waals surface area contributed by atoms with Gasteiger partial charge in [-0.3, -0.25) is 0 Å². The number of unbranched alkanes of at least 4 members (excludes halogenated alkanes) is 10. The summed E-state index contributed by atoms with van der Waals surface area (Å²) in [5, 5.41) is 0. The van der Waals surface area contributed by atoms with Crippen LogP contribution in [0.5, 0.6) is 0 Å². The zero-order valence-electron chi connectivity index (χ0n) is 22.3. The van der Waals surface area contributed by atoms with Crippen LogP contribution >= 0.6 is 0 Å². The molecule has 0 heterocycles. The summed E-state index contributed by atoms with van der Waals surface area (Å²) in [7, 11) is -7.38. The Morgan fingerprint density at radius 1 is 0.647 bits per heavy atom. The third kappa shape index (κ3) is 25.8. The average molecular weight is 558 g/mol. The molecule has 0 aliphatic heterocycles. The minimum atomic E-state index is -2.16. The van der Waals surface area contributed by atoms with Gasteiger partial charge in [0.1, 0.15) is 0 Å². The van der Waals surface area contributed by atoms with E-state index in [4.69, 9.17) is 12.3 Å². The van der Waals surface area contributed by atoms with E-state index in [1.165, 1.54) is 83.1 Å². The molecule has 0 aliphatic rings. The predicted octanol–water partition coefficient (Wildman–Crippen LogP) is 11.0. The Morgan fingerprint density at radius 3 is 1.47 bits per heavy atom. The summed E-state index contributed by atoms with van der Waals surface area (Å²) < 4.78 is 20.2. The molecule has 1 atom stereocenters. The van der Waals surface area contributed by atoms with E-state index in [2.05, 4.69) is 59.7 Å². The maximum absolute atomic E-state index is 6.84. The zero-order chi connectivity index (χ0) is 23.1. The van der Waals surface area contributed by atoms with Crippen molar-refractivity contribution in [1.82, 2.24) is 0 Å². The van der Waals surface area contributed by atoms with Crippen LogP contribution in [-0.2, 0) is 12.3 Å². The molecule has 0 N–H and O–H groups in total. The molecule has 0 aromatic carbocycles. The fraction of sp³-hybridized carbons (Fsp3) is 1.00. The van der Waals surface area contributed by atoms with Crippen LogP contribution in [0.15, 0.2) is 0 Å². The molecule has 0 radical (unpaired) electrons. The van der Waals surface area contributed by atoms with E-state index in [1.807, 2.05) is 0 Å². The van der Waals surface area contributed by atoms with Crippen molar-refractivity contribution in [1.29, 1.82) is 0 Å². The average Bonchev–Trinajstić information content (AvgIpc) is 2.59. The number of hydrogen-bond donors (Lipinski definition) is 0. The molecule has 0 fully saturated rings. The molecule has 7 heteroatoms. The van der Waals surface area contributed by atoms with Gasteiger partial charge in [-0.25, -0.2) is 0 Å².